The Morgan fingerprint density at radius 1 is 1.11 bits per heavy atom. The van der Waals surface area contributed by atoms with Gasteiger partial charge >= 0.3 is 0 Å². The summed E-state index contributed by atoms with van der Waals surface area (Å²) in [4.78, 5) is 12.7. The van der Waals surface area contributed by atoms with Crippen molar-refractivity contribution in [2.75, 3.05) is 32.1 Å². The Bertz CT molecular complexity index is 939. The summed E-state index contributed by atoms with van der Waals surface area (Å²) in [5, 5.41) is 3.04. The zero-order valence-corrected chi connectivity index (χ0v) is 18.1. The number of carbonyl (C=O) groups excluding carboxylic acids is 1. The van der Waals surface area contributed by atoms with Crippen LogP contribution >= 0.6 is 15.9 Å². The third kappa shape index (κ3) is 4.74. The molecule has 0 aliphatic carbocycles. The summed E-state index contributed by atoms with van der Waals surface area (Å²) in [7, 11) is -1.88. The lowest BCUT2D eigenvalue weighted by molar-refractivity contribution is 0.101. The number of nitrogens with zero attached hydrogens (tertiary/aromatic N) is 1. The highest BCUT2D eigenvalue weighted by Gasteiger charge is 2.25. The number of ether oxygens (including phenoxy) is 1. The molecule has 1 heterocycles. The predicted octanol–water partition coefficient (Wildman–Crippen LogP) is 3.93. The van der Waals surface area contributed by atoms with E-state index < -0.39 is 10.0 Å². The number of ketones is 1. The van der Waals surface area contributed by atoms with Gasteiger partial charge in [0.25, 0.3) is 0 Å². The van der Waals surface area contributed by atoms with Crippen LogP contribution in [-0.4, -0.2) is 45.3 Å². The number of hydrogen-bond donors (Lipinski definition) is 1. The lowest BCUT2D eigenvalue weighted by Crippen LogP contribution is -2.35. The minimum atomic E-state index is -3.44. The second kappa shape index (κ2) is 9.07. The number of benzene rings is 2. The van der Waals surface area contributed by atoms with Crippen LogP contribution in [0.3, 0.4) is 0 Å². The van der Waals surface area contributed by atoms with E-state index in [0.29, 0.717) is 34.6 Å². The maximum Gasteiger partial charge on any atom is 0.243 e. The fourth-order valence-corrected chi connectivity index (χ4v) is 5.18. The first kappa shape index (κ1) is 20.8. The van der Waals surface area contributed by atoms with Crippen LogP contribution in [-0.2, 0) is 10.0 Å². The van der Waals surface area contributed by atoms with Gasteiger partial charge in [0.2, 0.25) is 10.0 Å². The van der Waals surface area contributed by atoms with Crippen LogP contribution in [0.5, 0.6) is 5.75 Å². The third-order valence-corrected chi connectivity index (χ3v) is 7.27. The summed E-state index contributed by atoms with van der Waals surface area (Å²) < 4.78 is 32.8. The molecule has 0 unspecified atom stereocenters. The molecule has 0 atom stereocenters. The lowest BCUT2D eigenvalue weighted by atomic mass is 10.1. The number of anilines is 1. The molecular weight excluding hydrogens is 444 g/mol. The van der Waals surface area contributed by atoms with Gasteiger partial charge in [-0.05, 0) is 71.2 Å². The van der Waals surface area contributed by atoms with E-state index >= 15 is 0 Å². The Balaban J connectivity index is 1.63. The summed E-state index contributed by atoms with van der Waals surface area (Å²) in [6.45, 7) is 1.26. The van der Waals surface area contributed by atoms with E-state index in [-0.39, 0.29) is 17.2 Å². The molecule has 0 aromatic heterocycles. The molecule has 2 aromatic rings. The fraction of sp³-hybridized carbons (Fsp3) is 0.350. The molecule has 3 rings (SSSR count). The Kier molecular flexibility index (Phi) is 6.74. The number of piperidine rings is 1. The first-order valence-electron chi connectivity index (χ1n) is 9.12. The molecule has 1 N–H and O–H groups in total. The van der Waals surface area contributed by atoms with Crippen molar-refractivity contribution < 1.29 is 17.9 Å². The van der Waals surface area contributed by atoms with Gasteiger partial charge in [-0.2, -0.15) is 4.31 Å². The minimum Gasteiger partial charge on any atom is -0.496 e. The average molecular weight is 467 g/mol. The third-order valence-electron chi connectivity index (χ3n) is 4.73. The Morgan fingerprint density at radius 3 is 2.39 bits per heavy atom. The molecule has 150 valence electrons. The molecule has 0 spiro atoms. The smallest absolute Gasteiger partial charge is 0.243 e. The van der Waals surface area contributed by atoms with Gasteiger partial charge in [0, 0.05) is 24.3 Å². The maximum absolute atomic E-state index is 12.7. The first-order valence-corrected chi connectivity index (χ1v) is 11.4. The second-order valence-corrected chi connectivity index (χ2v) is 9.41. The monoisotopic (exact) mass is 466 g/mol. The molecule has 1 aliphatic heterocycles. The molecule has 28 heavy (non-hydrogen) atoms. The van der Waals surface area contributed by atoms with E-state index in [0.717, 1.165) is 19.3 Å². The molecule has 0 radical (unpaired) electrons. The van der Waals surface area contributed by atoms with Gasteiger partial charge in [-0.3, -0.25) is 4.79 Å². The minimum absolute atomic E-state index is 0.0756. The van der Waals surface area contributed by atoms with Gasteiger partial charge < -0.3 is 10.1 Å². The molecule has 1 saturated heterocycles. The number of sulfonamides is 1. The van der Waals surface area contributed by atoms with Gasteiger partial charge in [-0.1, -0.05) is 6.42 Å². The van der Waals surface area contributed by atoms with Gasteiger partial charge in [-0.15, -0.1) is 0 Å². The quantitative estimate of drug-likeness (QED) is 0.625. The van der Waals surface area contributed by atoms with Crippen molar-refractivity contribution in [1.82, 2.24) is 4.31 Å². The summed E-state index contributed by atoms with van der Waals surface area (Å²) in [5.41, 5.74) is 1.25. The number of carbonyl (C=O) groups is 1. The zero-order valence-electron chi connectivity index (χ0n) is 15.7. The first-order chi connectivity index (χ1) is 13.4. The van der Waals surface area contributed by atoms with E-state index in [4.69, 9.17) is 4.74 Å². The molecule has 8 heteroatoms. The number of hydrogen-bond acceptors (Lipinski definition) is 5. The number of nitrogens with one attached hydrogen (secondary N) is 1. The summed E-state index contributed by atoms with van der Waals surface area (Å²) in [6, 6.07) is 11.7. The maximum atomic E-state index is 12.7. The van der Waals surface area contributed by atoms with Crippen LogP contribution in [0, 0.1) is 0 Å². The Hall–Kier alpha value is -1.90. The highest BCUT2D eigenvalue weighted by atomic mass is 79.9. The van der Waals surface area contributed by atoms with E-state index in [1.54, 1.807) is 53.9 Å². The lowest BCUT2D eigenvalue weighted by Gasteiger charge is -2.25. The van der Waals surface area contributed by atoms with Crippen molar-refractivity contribution in [1.29, 1.82) is 0 Å². The summed E-state index contributed by atoms with van der Waals surface area (Å²) in [5.74, 6) is 0.586. The molecule has 2 aromatic carbocycles. The van der Waals surface area contributed by atoms with Gasteiger partial charge in [0.05, 0.1) is 23.0 Å². The van der Waals surface area contributed by atoms with Gasteiger partial charge in [0.15, 0.2) is 5.78 Å². The van der Waals surface area contributed by atoms with Crippen molar-refractivity contribution in [3.63, 3.8) is 0 Å². The fourth-order valence-electron chi connectivity index (χ4n) is 3.12. The normalized spacial score (nSPS) is 15.2. The number of rotatable bonds is 7. The molecule has 6 nitrogen and oxygen atoms in total. The van der Waals surface area contributed by atoms with E-state index in [1.165, 1.54) is 0 Å². The van der Waals surface area contributed by atoms with Crippen molar-refractivity contribution >= 4 is 37.4 Å². The second-order valence-electron chi connectivity index (χ2n) is 6.62. The summed E-state index contributed by atoms with van der Waals surface area (Å²) >= 11 is 3.37. The molecule has 1 aliphatic rings. The van der Waals surface area contributed by atoms with Crippen molar-refractivity contribution in [3.8, 4) is 5.75 Å². The van der Waals surface area contributed by atoms with Crippen LogP contribution in [0.15, 0.2) is 51.8 Å². The van der Waals surface area contributed by atoms with Gasteiger partial charge in [-0.25, -0.2) is 8.42 Å². The highest BCUT2D eigenvalue weighted by Crippen LogP contribution is 2.26. The molecule has 0 bridgehead atoms. The summed E-state index contributed by atoms with van der Waals surface area (Å²) in [6.07, 6.45) is 2.89. The van der Waals surface area contributed by atoms with Crippen LogP contribution < -0.4 is 10.1 Å². The molecule has 0 amide bonds. The molecular formula is C20H23BrN2O4S. The topological polar surface area (TPSA) is 75.7 Å². The predicted molar refractivity (Wildman–Crippen MR) is 113 cm³/mol. The van der Waals surface area contributed by atoms with Crippen LogP contribution in [0.25, 0.3) is 0 Å². The largest absolute Gasteiger partial charge is 0.496 e. The van der Waals surface area contributed by atoms with Crippen LogP contribution in [0.4, 0.5) is 5.69 Å². The van der Waals surface area contributed by atoms with E-state index in [9.17, 15) is 13.2 Å². The standard InChI is InChI=1S/C20H23BrN2O4S/c1-27-20-10-5-15(13-18(20)21)19(24)14-22-16-6-8-17(9-7-16)28(25,26)23-11-3-2-4-12-23/h5-10,13,22H,2-4,11-12,14H2,1H3. The van der Waals surface area contributed by atoms with Crippen LogP contribution in [0.1, 0.15) is 29.6 Å². The van der Waals surface area contributed by atoms with Crippen LogP contribution in [0.2, 0.25) is 0 Å². The molecule has 0 saturated carbocycles. The average Bonchev–Trinajstić information content (AvgIpc) is 2.73. The number of Topliss-reactive ketones (excluding diaryl/α,β-unsaturated/α-hetero) is 1. The van der Waals surface area contributed by atoms with Crippen molar-refractivity contribution in [3.05, 3.63) is 52.5 Å². The van der Waals surface area contributed by atoms with E-state index in [2.05, 4.69) is 21.2 Å². The van der Waals surface area contributed by atoms with Crippen molar-refractivity contribution in [2.45, 2.75) is 24.2 Å². The Morgan fingerprint density at radius 2 is 1.79 bits per heavy atom. The number of halogens is 1. The molecule has 1 fully saturated rings. The highest BCUT2D eigenvalue weighted by molar-refractivity contribution is 9.10. The van der Waals surface area contributed by atoms with Gasteiger partial charge in [0.1, 0.15) is 5.75 Å². The van der Waals surface area contributed by atoms with E-state index in [1.807, 2.05) is 0 Å². The Labute approximate surface area is 174 Å². The zero-order chi connectivity index (χ0) is 20.1. The van der Waals surface area contributed by atoms with Crippen molar-refractivity contribution in [2.24, 2.45) is 0 Å². The SMILES string of the molecule is COc1ccc(C(=O)CNc2ccc(S(=O)(=O)N3CCCCC3)cc2)cc1Br. The number of methoxy groups -OCH3 is 1.